The van der Waals surface area contributed by atoms with E-state index in [-0.39, 0.29) is 5.78 Å². The molecule has 2 unspecified atom stereocenters. The first-order valence-corrected chi connectivity index (χ1v) is 4.88. The Morgan fingerprint density at radius 1 is 1.62 bits per heavy atom. The summed E-state index contributed by atoms with van der Waals surface area (Å²) in [5.74, 6) is 0.425. The maximum atomic E-state index is 11.1. The lowest BCUT2D eigenvalue weighted by Crippen LogP contribution is -2.47. The van der Waals surface area contributed by atoms with Crippen LogP contribution >= 0.6 is 11.8 Å². The minimum absolute atomic E-state index is 0.0785. The first-order valence-electron chi connectivity index (χ1n) is 3.89. The Bertz CT molecular complexity index is 256. The van der Waals surface area contributed by atoms with E-state index in [0.717, 1.165) is 0 Å². The van der Waals surface area contributed by atoms with Crippen molar-refractivity contribution in [2.45, 2.75) is 24.8 Å². The summed E-state index contributed by atoms with van der Waals surface area (Å²) in [6.45, 7) is 3.07. The van der Waals surface area contributed by atoms with E-state index in [0.29, 0.717) is 18.4 Å². The molecule has 0 aromatic heterocycles. The molecule has 1 aliphatic heterocycles. The molecule has 0 radical (unpaired) electrons. The zero-order chi connectivity index (χ0) is 10.1. The van der Waals surface area contributed by atoms with Crippen molar-refractivity contribution in [1.82, 2.24) is 4.90 Å². The molecule has 0 saturated carbocycles. The van der Waals surface area contributed by atoms with Gasteiger partial charge >= 0.3 is 0 Å². The third kappa shape index (κ3) is 1.60. The van der Waals surface area contributed by atoms with Gasteiger partial charge in [-0.3, -0.25) is 14.4 Å². The summed E-state index contributed by atoms with van der Waals surface area (Å²) >= 11 is 1.32. The van der Waals surface area contributed by atoms with Crippen LogP contribution < -0.4 is 0 Å². The Balaban J connectivity index is 2.92. The van der Waals surface area contributed by atoms with Gasteiger partial charge in [0.15, 0.2) is 12.1 Å². The highest BCUT2D eigenvalue weighted by molar-refractivity contribution is 8.01. The monoisotopic (exact) mass is 201 g/mol. The maximum Gasteiger partial charge on any atom is 0.211 e. The van der Waals surface area contributed by atoms with Gasteiger partial charge in [-0.2, -0.15) is 0 Å². The van der Waals surface area contributed by atoms with Gasteiger partial charge in [0.05, 0.1) is 0 Å². The zero-order valence-corrected chi connectivity index (χ0v) is 8.34. The first kappa shape index (κ1) is 10.2. The number of aldehydes is 1. The van der Waals surface area contributed by atoms with Crippen molar-refractivity contribution >= 4 is 30.2 Å². The molecule has 0 spiro atoms. The Kier molecular flexibility index (Phi) is 2.75. The van der Waals surface area contributed by atoms with E-state index in [1.165, 1.54) is 23.6 Å². The molecule has 0 aliphatic carbocycles. The number of ketones is 1. The smallest absolute Gasteiger partial charge is 0.211 e. The Morgan fingerprint density at radius 3 is 2.62 bits per heavy atom. The minimum atomic E-state index is -0.863. The fraction of sp³-hybridized carbons (Fsp3) is 0.625. The van der Waals surface area contributed by atoms with Crippen LogP contribution in [0.25, 0.3) is 0 Å². The van der Waals surface area contributed by atoms with E-state index in [9.17, 15) is 14.4 Å². The SMILES string of the molecule is CC(=O)C1CSC(C)(C=O)N1C=O. The van der Waals surface area contributed by atoms with Crippen molar-refractivity contribution in [2.24, 2.45) is 0 Å². The van der Waals surface area contributed by atoms with Crippen LogP contribution in [0.5, 0.6) is 0 Å². The van der Waals surface area contributed by atoms with Gasteiger partial charge in [-0.25, -0.2) is 0 Å². The highest BCUT2D eigenvalue weighted by Crippen LogP contribution is 2.36. The summed E-state index contributed by atoms with van der Waals surface area (Å²) in [5.41, 5.74) is 0. The van der Waals surface area contributed by atoms with Gasteiger partial charge in [0.1, 0.15) is 10.9 Å². The van der Waals surface area contributed by atoms with Gasteiger partial charge in [0.25, 0.3) is 0 Å². The number of thioether (sulfide) groups is 1. The Labute approximate surface area is 80.7 Å². The second-order valence-corrected chi connectivity index (χ2v) is 4.57. The van der Waals surface area contributed by atoms with Gasteiger partial charge in [-0.05, 0) is 13.8 Å². The lowest BCUT2D eigenvalue weighted by Gasteiger charge is -2.28. The third-order valence-corrected chi connectivity index (χ3v) is 3.56. The quantitative estimate of drug-likeness (QED) is 0.606. The predicted molar refractivity (Wildman–Crippen MR) is 49.3 cm³/mol. The molecule has 0 aromatic rings. The Hall–Kier alpha value is -0.840. The topological polar surface area (TPSA) is 54.5 Å². The molecule has 1 rings (SSSR count). The number of rotatable bonds is 3. The van der Waals surface area contributed by atoms with Crippen molar-refractivity contribution in [3.63, 3.8) is 0 Å². The third-order valence-electron chi connectivity index (χ3n) is 2.18. The van der Waals surface area contributed by atoms with Crippen LogP contribution in [0.1, 0.15) is 13.8 Å². The van der Waals surface area contributed by atoms with Crippen LogP contribution in [-0.4, -0.2) is 40.0 Å². The molecule has 1 heterocycles. The molecule has 5 heteroatoms. The molecule has 1 amide bonds. The summed E-state index contributed by atoms with van der Waals surface area (Å²) in [6.07, 6.45) is 1.27. The molecule has 1 aliphatic rings. The average molecular weight is 201 g/mol. The second-order valence-electron chi connectivity index (χ2n) is 3.12. The van der Waals surface area contributed by atoms with Gasteiger partial charge in [0.2, 0.25) is 6.41 Å². The largest absolute Gasteiger partial charge is 0.313 e. The average Bonchev–Trinajstić information content (AvgIpc) is 2.43. The maximum absolute atomic E-state index is 11.1. The molecule has 72 valence electrons. The molecule has 0 bridgehead atoms. The molecule has 0 aromatic carbocycles. The second kappa shape index (κ2) is 3.49. The van der Waals surface area contributed by atoms with E-state index in [2.05, 4.69) is 0 Å². The molecule has 2 atom stereocenters. The van der Waals surface area contributed by atoms with E-state index < -0.39 is 10.9 Å². The fourth-order valence-corrected chi connectivity index (χ4v) is 2.58. The lowest BCUT2D eigenvalue weighted by atomic mass is 10.2. The van der Waals surface area contributed by atoms with Crippen LogP contribution in [0.4, 0.5) is 0 Å². The van der Waals surface area contributed by atoms with Gasteiger partial charge in [-0.15, -0.1) is 11.8 Å². The number of carbonyl (C=O) groups excluding carboxylic acids is 3. The van der Waals surface area contributed by atoms with E-state index in [1.54, 1.807) is 6.92 Å². The van der Waals surface area contributed by atoms with E-state index >= 15 is 0 Å². The minimum Gasteiger partial charge on any atom is -0.313 e. The van der Waals surface area contributed by atoms with E-state index in [4.69, 9.17) is 0 Å². The lowest BCUT2D eigenvalue weighted by molar-refractivity contribution is -0.133. The summed E-state index contributed by atoms with van der Waals surface area (Å²) in [6, 6.07) is -0.447. The van der Waals surface area contributed by atoms with Crippen LogP contribution in [0.15, 0.2) is 0 Å². The van der Waals surface area contributed by atoms with Crippen LogP contribution in [0.3, 0.4) is 0 Å². The molecule has 1 fully saturated rings. The van der Waals surface area contributed by atoms with Crippen LogP contribution in [0, 0.1) is 0 Å². The number of carbonyl (C=O) groups is 3. The highest BCUT2D eigenvalue weighted by atomic mass is 32.2. The fourth-order valence-electron chi connectivity index (χ4n) is 1.30. The summed E-state index contributed by atoms with van der Waals surface area (Å²) in [7, 11) is 0. The van der Waals surface area contributed by atoms with Crippen molar-refractivity contribution in [1.29, 1.82) is 0 Å². The number of hydrogen-bond acceptors (Lipinski definition) is 4. The standard InChI is InChI=1S/C8H11NO3S/c1-6(12)7-3-13-8(2,4-10)9(7)5-11/h4-5,7H,3H2,1-2H3. The number of hydrogen-bond donors (Lipinski definition) is 0. The number of Topliss-reactive ketones (excluding diaryl/α,β-unsaturated/α-hetero) is 1. The molecule has 4 nitrogen and oxygen atoms in total. The van der Waals surface area contributed by atoms with E-state index in [1.807, 2.05) is 0 Å². The highest BCUT2D eigenvalue weighted by Gasteiger charge is 2.44. The van der Waals surface area contributed by atoms with Crippen LogP contribution in [-0.2, 0) is 14.4 Å². The summed E-state index contributed by atoms with van der Waals surface area (Å²) in [4.78, 5) is 32.9. The molecule has 0 N–H and O–H groups in total. The van der Waals surface area contributed by atoms with Gasteiger partial charge in [-0.1, -0.05) is 0 Å². The summed E-state index contributed by atoms with van der Waals surface area (Å²) in [5, 5.41) is 0. The number of amides is 1. The first-order chi connectivity index (χ1) is 6.05. The van der Waals surface area contributed by atoms with Gasteiger partial charge < -0.3 is 4.90 Å². The van der Waals surface area contributed by atoms with Gasteiger partial charge in [0, 0.05) is 5.75 Å². The summed E-state index contributed by atoms with van der Waals surface area (Å²) < 4.78 is 0. The molecular weight excluding hydrogens is 190 g/mol. The van der Waals surface area contributed by atoms with Crippen LogP contribution in [0.2, 0.25) is 0 Å². The van der Waals surface area contributed by atoms with Crippen molar-refractivity contribution < 1.29 is 14.4 Å². The molecular formula is C8H11NO3S. The van der Waals surface area contributed by atoms with Crippen molar-refractivity contribution in [2.75, 3.05) is 5.75 Å². The molecule has 1 saturated heterocycles. The zero-order valence-electron chi connectivity index (χ0n) is 7.52. The Morgan fingerprint density at radius 2 is 2.23 bits per heavy atom. The molecule has 13 heavy (non-hydrogen) atoms. The normalized spacial score (nSPS) is 33.1. The predicted octanol–water partition coefficient (Wildman–Crippen LogP) is 0.0643. The number of nitrogens with zero attached hydrogens (tertiary/aromatic N) is 1. The van der Waals surface area contributed by atoms with Crippen molar-refractivity contribution in [3.05, 3.63) is 0 Å². The van der Waals surface area contributed by atoms with Crippen molar-refractivity contribution in [3.8, 4) is 0 Å².